The van der Waals surface area contributed by atoms with Crippen LogP contribution in [0.25, 0.3) is 0 Å². The predicted octanol–water partition coefficient (Wildman–Crippen LogP) is 2.24. The van der Waals surface area contributed by atoms with Crippen LogP contribution in [0.3, 0.4) is 0 Å². The number of hydrogen-bond donors (Lipinski definition) is 3. The number of carbonyl (C=O) groups is 3. The molecule has 0 saturated heterocycles. The molecule has 0 aliphatic carbocycles. The first-order valence-electron chi connectivity index (χ1n) is 8.95. The number of carbonyl (C=O) groups excluding carboxylic acids is 2. The van der Waals surface area contributed by atoms with Crippen molar-refractivity contribution in [2.75, 3.05) is 13.7 Å². The highest BCUT2D eigenvalue weighted by atomic mass is 28.3. The second kappa shape index (κ2) is 9.50. The molecule has 0 spiro atoms. The first-order valence-corrected chi connectivity index (χ1v) is 12.7. The third kappa shape index (κ3) is 9.91. The van der Waals surface area contributed by atoms with Gasteiger partial charge < -0.3 is 20.5 Å². The van der Waals surface area contributed by atoms with Crippen LogP contribution in [0, 0.1) is 5.41 Å². The lowest BCUT2D eigenvalue weighted by atomic mass is 9.92. The van der Waals surface area contributed by atoms with Crippen molar-refractivity contribution in [3.63, 3.8) is 0 Å². The molecular weight excluding hydrogens is 352 g/mol. The standard InChI is InChI=1S/C18H36N2O5Si/c1-17(2,3)9-10-19-13(11-14(21)22)15(23)20-18(4,16(24)25-5)12-26(6,7)8/h13,19H,9-12H2,1-8H3,(H,20,23)(H,21,22)/t13-,18-/m0/s1. The fraction of sp³-hybridized carbons (Fsp3) is 0.833. The Morgan fingerprint density at radius 2 is 1.65 bits per heavy atom. The molecule has 1 amide bonds. The first kappa shape index (κ1) is 24.6. The monoisotopic (exact) mass is 388 g/mol. The Morgan fingerprint density at radius 3 is 2.04 bits per heavy atom. The van der Waals surface area contributed by atoms with Crippen LogP contribution in [-0.2, 0) is 19.1 Å². The van der Waals surface area contributed by atoms with Crippen LogP contribution in [0.15, 0.2) is 0 Å². The van der Waals surface area contributed by atoms with E-state index >= 15 is 0 Å². The molecule has 0 aliphatic rings. The molecule has 0 aromatic heterocycles. The molecule has 2 atom stereocenters. The van der Waals surface area contributed by atoms with E-state index in [0.717, 1.165) is 6.42 Å². The summed E-state index contributed by atoms with van der Waals surface area (Å²) in [5, 5.41) is 14.9. The van der Waals surface area contributed by atoms with E-state index in [0.29, 0.717) is 12.6 Å². The third-order valence-corrected chi connectivity index (χ3v) is 5.65. The molecule has 0 fully saturated rings. The summed E-state index contributed by atoms with van der Waals surface area (Å²) in [4.78, 5) is 36.2. The molecule has 152 valence electrons. The molecule has 0 bridgehead atoms. The van der Waals surface area contributed by atoms with Crippen molar-refractivity contribution in [3.05, 3.63) is 0 Å². The number of aliphatic carboxylic acids is 1. The zero-order chi connectivity index (χ0) is 20.8. The molecular formula is C18H36N2O5Si. The fourth-order valence-electron chi connectivity index (χ4n) is 2.87. The van der Waals surface area contributed by atoms with Gasteiger partial charge in [-0.1, -0.05) is 40.4 Å². The van der Waals surface area contributed by atoms with Crippen LogP contribution in [0.4, 0.5) is 0 Å². The number of hydrogen-bond acceptors (Lipinski definition) is 5. The second-order valence-corrected chi connectivity index (χ2v) is 14.9. The van der Waals surface area contributed by atoms with E-state index in [4.69, 9.17) is 9.84 Å². The number of rotatable bonds is 10. The SMILES string of the molecule is COC(=O)[C@](C)(C[Si](C)(C)C)NC(=O)[C@H](CC(=O)O)NCCC(C)(C)C. The largest absolute Gasteiger partial charge is 0.481 e. The molecule has 0 aliphatic heterocycles. The maximum absolute atomic E-state index is 12.7. The lowest BCUT2D eigenvalue weighted by Gasteiger charge is -2.34. The van der Waals surface area contributed by atoms with Gasteiger partial charge in [0, 0.05) is 8.07 Å². The minimum absolute atomic E-state index is 0.0651. The van der Waals surface area contributed by atoms with Crippen LogP contribution in [0.1, 0.15) is 40.5 Å². The van der Waals surface area contributed by atoms with Crippen molar-refractivity contribution in [1.82, 2.24) is 10.6 Å². The highest BCUT2D eigenvalue weighted by Crippen LogP contribution is 2.23. The van der Waals surface area contributed by atoms with Crippen molar-refractivity contribution in [2.45, 2.75) is 77.8 Å². The predicted molar refractivity (Wildman–Crippen MR) is 105 cm³/mol. The van der Waals surface area contributed by atoms with Crippen LogP contribution in [-0.4, -0.2) is 56.3 Å². The summed E-state index contributed by atoms with van der Waals surface area (Å²) in [5.41, 5.74) is -1.10. The summed E-state index contributed by atoms with van der Waals surface area (Å²) in [7, 11) is -0.423. The fourth-order valence-corrected chi connectivity index (χ4v) is 5.22. The average Bonchev–Trinajstić information content (AvgIpc) is 2.41. The third-order valence-electron chi connectivity index (χ3n) is 3.88. The summed E-state index contributed by atoms with van der Waals surface area (Å²) in [6.45, 7) is 14.7. The number of nitrogens with one attached hydrogen (secondary N) is 2. The summed E-state index contributed by atoms with van der Waals surface area (Å²) < 4.78 is 4.88. The Morgan fingerprint density at radius 1 is 1.12 bits per heavy atom. The van der Waals surface area contributed by atoms with Crippen LogP contribution >= 0.6 is 0 Å². The van der Waals surface area contributed by atoms with Crippen molar-refractivity contribution in [2.24, 2.45) is 5.41 Å². The molecule has 0 unspecified atom stereocenters. The molecule has 3 N–H and O–H groups in total. The first-order chi connectivity index (χ1) is 11.6. The van der Waals surface area contributed by atoms with Gasteiger partial charge in [-0.05, 0) is 31.3 Å². The molecule has 0 rings (SSSR count). The lowest BCUT2D eigenvalue weighted by molar-refractivity contribution is -0.149. The van der Waals surface area contributed by atoms with Crippen molar-refractivity contribution < 1.29 is 24.2 Å². The van der Waals surface area contributed by atoms with Gasteiger partial charge in [-0.25, -0.2) is 4.79 Å². The number of amides is 1. The van der Waals surface area contributed by atoms with Gasteiger partial charge in [-0.15, -0.1) is 0 Å². The normalized spacial score (nSPS) is 15.7. The zero-order valence-electron chi connectivity index (χ0n) is 17.5. The van der Waals surface area contributed by atoms with Gasteiger partial charge in [0.2, 0.25) is 5.91 Å². The van der Waals surface area contributed by atoms with E-state index in [-0.39, 0.29) is 11.8 Å². The summed E-state index contributed by atoms with van der Waals surface area (Å²) in [6.07, 6.45) is 0.444. The Kier molecular flexibility index (Phi) is 8.99. The topological polar surface area (TPSA) is 105 Å². The number of ether oxygens (including phenoxy) is 1. The minimum Gasteiger partial charge on any atom is -0.481 e. The number of carboxylic acid groups (broad SMARTS) is 1. The number of carboxylic acids is 1. The summed E-state index contributed by atoms with van der Waals surface area (Å²) in [6, 6.07) is -0.402. The number of methoxy groups -OCH3 is 1. The Labute approximate surface area is 158 Å². The van der Waals surface area contributed by atoms with Crippen molar-refractivity contribution in [1.29, 1.82) is 0 Å². The van der Waals surface area contributed by atoms with Gasteiger partial charge in [-0.3, -0.25) is 9.59 Å². The smallest absolute Gasteiger partial charge is 0.330 e. The highest BCUT2D eigenvalue weighted by Gasteiger charge is 2.41. The van der Waals surface area contributed by atoms with Gasteiger partial charge in [0.25, 0.3) is 0 Å². The summed E-state index contributed by atoms with van der Waals surface area (Å²) in [5.74, 6) is -2.08. The highest BCUT2D eigenvalue weighted by molar-refractivity contribution is 6.76. The molecule has 0 radical (unpaired) electrons. The Balaban J connectivity index is 5.26. The molecule has 7 nitrogen and oxygen atoms in total. The van der Waals surface area contributed by atoms with E-state index in [1.165, 1.54) is 7.11 Å². The average molecular weight is 389 g/mol. The van der Waals surface area contributed by atoms with Crippen molar-refractivity contribution >= 4 is 25.9 Å². The van der Waals surface area contributed by atoms with Gasteiger partial charge in [0.05, 0.1) is 19.6 Å². The maximum Gasteiger partial charge on any atom is 0.330 e. The molecule has 0 aromatic rings. The van der Waals surface area contributed by atoms with E-state index in [1.807, 2.05) is 0 Å². The van der Waals surface area contributed by atoms with Gasteiger partial charge in [-0.2, -0.15) is 0 Å². The molecule has 0 saturated carbocycles. The molecule has 0 heterocycles. The molecule has 26 heavy (non-hydrogen) atoms. The van der Waals surface area contributed by atoms with E-state index in [9.17, 15) is 14.4 Å². The Bertz CT molecular complexity index is 511. The Hall–Kier alpha value is -1.41. The minimum atomic E-state index is -1.71. The maximum atomic E-state index is 12.7. The number of esters is 1. The quantitative estimate of drug-likeness (QED) is 0.392. The van der Waals surface area contributed by atoms with Gasteiger partial charge >= 0.3 is 11.9 Å². The van der Waals surface area contributed by atoms with Crippen LogP contribution in [0.5, 0.6) is 0 Å². The lowest BCUT2D eigenvalue weighted by Crippen LogP contribution is -2.60. The zero-order valence-corrected chi connectivity index (χ0v) is 18.5. The second-order valence-electron chi connectivity index (χ2n) is 9.47. The van der Waals surface area contributed by atoms with Gasteiger partial charge in [0.1, 0.15) is 5.54 Å². The van der Waals surface area contributed by atoms with E-state index in [2.05, 4.69) is 51.0 Å². The van der Waals surface area contributed by atoms with Crippen molar-refractivity contribution in [3.8, 4) is 0 Å². The van der Waals surface area contributed by atoms with E-state index in [1.54, 1.807) is 6.92 Å². The molecule has 8 heteroatoms. The molecule has 0 aromatic carbocycles. The van der Waals surface area contributed by atoms with E-state index < -0.39 is 37.5 Å². The summed E-state index contributed by atoms with van der Waals surface area (Å²) >= 11 is 0. The van der Waals surface area contributed by atoms with Crippen LogP contribution < -0.4 is 10.6 Å². The van der Waals surface area contributed by atoms with Gasteiger partial charge in [0.15, 0.2) is 0 Å². The van der Waals surface area contributed by atoms with Crippen LogP contribution in [0.2, 0.25) is 25.7 Å².